The van der Waals surface area contributed by atoms with Crippen LogP contribution in [-0.2, 0) is 11.4 Å². The minimum atomic E-state index is -0.587. The number of hydrogen-bond donors (Lipinski definition) is 1. The molecule has 0 aliphatic carbocycles. The van der Waals surface area contributed by atoms with Crippen LogP contribution in [0.15, 0.2) is 18.2 Å². The molecule has 1 N–H and O–H groups in total. The van der Waals surface area contributed by atoms with Crippen LogP contribution >= 0.6 is 34.2 Å². The maximum Gasteiger partial charge on any atom is 0.152 e. The highest BCUT2D eigenvalue weighted by Gasteiger charge is 2.13. The molecule has 1 atom stereocenters. The van der Waals surface area contributed by atoms with E-state index in [2.05, 4.69) is 22.6 Å². The van der Waals surface area contributed by atoms with Crippen LogP contribution < -0.4 is 0 Å². The van der Waals surface area contributed by atoms with Gasteiger partial charge in [-0.15, -0.1) is 11.6 Å². The number of carbonyl (C=O) groups is 1. The van der Waals surface area contributed by atoms with E-state index in [9.17, 15) is 4.79 Å². The normalized spacial score (nSPS) is 12.6. The second-order valence-electron chi connectivity index (χ2n) is 2.98. The molecule has 0 radical (unpaired) electrons. The van der Waals surface area contributed by atoms with E-state index in [-0.39, 0.29) is 12.4 Å². The van der Waals surface area contributed by atoms with E-state index in [0.29, 0.717) is 0 Å². The van der Waals surface area contributed by atoms with Crippen LogP contribution in [0.25, 0.3) is 0 Å². The lowest BCUT2D eigenvalue weighted by Gasteiger charge is -2.08. The summed E-state index contributed by atoms with van der Waals surface area (Å²) >= 11 is 8.01. The van der Waals surface area contributed by atoms with Crippen molar-refractivity contribution >= 4 is 40.0 Å². The number of benzene rings is 1. The third-order valence-corrected chi connectivity index (χ3v) is 3.46. The van der Waals surface area contributed by atoms with Crippen LogP contribution in [-0.4, -0.2) is 10.9 Å². The van der Waals surface area contributed by atoms with Gasteiger partial charge in [0.15, 0.2) is 5.78 Å². The maximum absolute atomic E-state index is 11.0. The molecule has 0 saturated carbocycles. The van der Waals surface area contributed by atoms with Gasteiger partial charge in [0.25, 0.3) is 0 Å². The smallest absolute Gasteiger partial charge is 0.152 e. The minimum absolute atomic E-state index is 0.00553. The predicted molar refractivity (Wildman–Crippen MR) is 64.4 cm³/mol. The van der Waals surface area contributed by atoms with Crippen molar-refractivity contribution in [1.82, 2.24) is 0 Å². The first kappa shape index (κ1) is 11.9. The van der Waals surface area contributed by atoms with Gasteiger partial charge in [0.05, 0.1) is 6.61 Å². The number of carbonyl (C=O) groups excluding carboxylic acids is 1. The number of ketones is 1. The molecule has 0 aliphatic rings. The number of alkyl halides is 1. The first-order chi connectivity index (χ1) is 6.56. The fraction of sp³-hybridized carbons (Fsp3) is 0.300. The summed E-state index contributed by atoms with van der Waals surface area (Å²) in [6.45, 7) is 1.47. The number of aliphatic hydroxyl groups excluding tert-OH is 1. The number of Topliss-reactive ketones (excluding diaryl/α,β-unsaturated/α-hetero) is 1. The van der Waals surface area contributed by atoms with Crippen LogP contribution in [0.3, 0.4) is 0 Å². The van der Waals surface area contributed by atoms with Crippen LogP contribution in [0.4, 0.5) is 0 Å². The van der Waals surface area contributed by atoms with Gasteiger partial charge in [0.1, 0.15) is 5.38 Å². The van der Waals surface area contributed by atoms with Crippen molar-refractivity contribution in [3.63, 3.8) is 0 Å². The van der Waals surface area contributed by atoms with E-state index < -0.39 is 5.38 Å². The van der Waals surface area contributed by atoms with E-state index in [4.69, 9.17) is 16.7 Å². The average molecular weight is 325 g/mol. The zero-order valence-electron chi connectivity index (χ0n) is 7.63. The van der Waals surface area contributed by atoms with Gasteiger partial charge < -0.3 is 5.11 Å². The molecule has 1 aromatic carbocycles. The summed E-state index contributed by atoms with van der Waals surface area (Å²) < 4.78 is 0.925. The Bertz CT molecular complexity index is 352. The largest absolute Gasteiger partial charge is 0.392 e. The van der Waals surface area contributed by atoms with Crippen molar-refractivity contribution in [1.29, 1.82) is 0 Å². The summed E-state index contributed by atoms with van der Waals surface area (Å²) in [5.74, 6) is -0.0702. The van der Waals surface area contributed by atoms with E-state index >= 15 is 0 Å². The topological polar surface area (TPSA) is 37.3 Å². The lowest BCUT2D eigenvalue weighted by atomic mass is 10.1. The highest BCUT2D eigenvalue weighted by molar-refractivity contribution is 14.1. The van der Waals surface area contributed by atoms with Gasteiger partial charge in [-0.3, -0.25) is 4.79 Å². The maximum atomic E-state index is 11.0. The van der Waals surface area contributed by atoms with Gasteiger partial charge in [0, 0.05) is 3.57 Å². The second-order valence-corrected chi connectivity index (χ2v) is 4.58. The van der Waals surface area contributed by atoms with E-state index in [1.165, 1.54) is 6.92 Å². The summed E-state index contributed by atoms with van der Waals surface area (Å²) in [4.78, 5) is 11.0. The standard InChI is InChI=1S/C10H10ClIO2/c1-6(14)10(11)7-2-3-8(5-13)9(12)4-7/h2-4,10,13H,5H2,1H3. The van der Waals surface area contributed by atoms with Crippen molar-refractivity contribution in [3.05, 3.63) is 32.9 Å². The van der Waals surface area contributed by atoms with Crippen LogP contribution in [0.1, 0.15) is 23.4 Å². The van der Waals surface area contributed by atoms with Crippen LogP contribution in [0.5, 0.6) is 0 Å². The van der Waals surface area contributed by atoms with Gasteiger partial charge in [-0.05, 0) is 46.7 Å². The molecule has 1 rings (SSSR count). The van der Waals surface area contributed by atoms with Gasteiger partial charge in [-0.2, -0.15) is 0 Å². The Morgan fingerprint density at radius 3 is 2.71 bits per heavy atom. The highest BCUT2D eigenvalue weighted by Crippen LogP contribution is 2.24. The molecular formula is C10H10ClIO2. The van der Waals surface area contributed by atoms with E-state index in [1.807, 2.05) is 6.07 Å². The Kier molecular flexibility index (Phi) is 4.34. The quantitative estimate of drug-likeness (QED) is 0.685. The average Bonchev–Trinajstić information content (AvgIpc) is 2.16. The van der Waals surface area contributed by atoms with Gasteiger partial charge >= 0.3 is 0 Å². The molecule has 76 valence electrons. The molecule has 0 fully saturated rings. The molecule has 0 heterocycles. The van der Waals surface area contributed by atoms with Crippen molar-refractivity contribution in [3.8, 4) is 0 Å². The summed E-state index contributed by atoms with van der Waals surface area (Å²) in [7, 11) is 0. The Morgan fingerprint density at radius 2 is 2.29 bits per heavy atom. The monoisotopic (exact) mass is 324 g/mol. The molecule has 1 aromatic rings. The number of aliphatic hydroxyl groups is 1. The fourth-order valence-electron chi connectivity index (χ4n) is 1.08. The molecule has 0 bridgehead atoms. The van der Waals surface area contributed by atoms with Gasteiger partial charge in [-0.1, -0.05) is 12.1 Å². The summed E-state index contributed by atoms with van der Waals surface area (Å²) in [6.07, 6.45) is 0. The Hall–Kier alpha value is -0.130. The molecule has 0 aliphatic heterocycles. The van der Waals surface area contributed by atoms with Gasteiger partial charge in [0.2, 0.25) is 0 Å². The van der Waals surface area contributed by atoms with Crippen LogP contribution in [0, 0.1) is 3.57 Å². The zero-order chi connectivity index (χ0) is 10.7. The lowest BCUT2D eigenvalue weighted by molar-refractivity contribution is -0.116. The molecule has 0 amide bonds. The van der Waals surface area contributed by atoms with Crippen molar-refractivity contribution in [2.24, 2.45) is 0 Å². The van der Waals surface area contributed by atoms with E-state index in [0.717, 1.165) is 14.7 Å². The second kappa shape index (κ2) is 5.09. The zero-order valence-corrected chi connectivity index (χ0v) is 10.5. The molecular weight excluding hydrogens is 314 g/mol. The van der Waals surface area contributed by atoms with Crippen LogP contribution in [0.2, 0.25) is 0 Å². The summed E-state index contributed by atoms with van der Waals surface area (Å²) in [6, 6.07) is 5.38. The molecule has 0 spiro atoms. The highest BCUT2D eigenvalue weighted by atomic mass is 127. The number of rotatable bonds is 3. The molecule has 2 nitrogen and oxygen atoms in total. The SMILES string of the molecule is CC(=O)C(Cl)c1ccc(CO)c(I)c1. The van der Waals surface area contributed by atoms with Crippen molar-refractivity contribution in [2.75, 3.05) is 0 Å². The van der Waals surface area contributed by atoms with E-state index in [1.54, 1.807) is 12.1 Å². The molecule has 4 heteroatoms. The molecule has 1 unspecified atom stereocenters. The third kappa shape index (κ3) is 2.68. The predicted octanol–water partition coefficient (Wildman–Crippen LogP) is 2.65. The Morgan fingerprint density at radius 1 is 1.64 bits per heavy atom. The summed E-state index contributed by atoms with van der Waals surface area (Å²) in [5.41, 5.74) is 1.63. The minimum Gasteiger partial charge on any atom is -0.392 e. The molecule has 0 saturated heterocycles. The van der Waals surface area contributed by atoms with Crippen molar-refractivity contribution < 1.29 is 9.90 Å². The molecule has 14 heavy (non-hydrogen) atoms. The number of halogens is 2. The number of hydrogen-bond acceptors (Lipinski definition) is 2. The Labute approximate surface area is 101 Å². The molecule has 0 aromatic heterocycles. The summed E-state index contributed by atoms with van der Waals surface area (Å²) in [5, 5.41) is 8.37. The third-order valence-electron chi connectivity index (χ3n) is 1.90. The first-order valence-electron chi connectivity index (χ1n) is 4.10. The van der Waals surface area contributed by atoms with Gasteiger partial charge in [-0.25, -0.2) is 0 Å². The fourth-order valence-corrected chi connectivity index (χ4v) is 1.93. The van der Waals surface area contributed by atoms with Crippen molar-refractivity contribution in [2.45, 2.75) is 18.9 Å². The lowest BCUT2D eigenvalue weighted by Crippen LogP contribution is -2.02. The first-order valence-corrected chi connectivity index (χ1v) is 5.61. The Balaban J connectivity index is 3.02.